The molecule has 20 heavy (non-hydrogen) atoms. The third-order valence-corrected chi connectivity index (χ3v) is 7.24. The minimum atomic E-state index is -0.373. The lowest BCUT2D eigenvalue weighted by Crippen LogP contribution is -2.49. The first kappa shape index (κ1) is 16.4. The highest BCUT2D eigenvalue weighted by atomic mass is 35.5. The van der Waals surface area contributed by atoms with E-state index in [1.54, 1.807) is 12.1 Å². The lowest BCUT2D eigenvalue weighted by atomic mass is 10.0. The van der Waals surface area contributed by atoms with Gasteiger partial charge in [0.2, 0.25) is 0 Å². The van der Waals surface area contributed by atoms with Crippen LogP contribution in [-0.4, -0.2) is 28.0 Å². The van der Waals surface area contributed by atoms with Crippen molar-refractivity contribution >= 4 is 35.1 Å². The van der Waals surface area contributed by atoms with E-state index in [9.17, 15) is 4.39 Å². The zero-order valence-corrected chi connectivity index (χ0v) is 13.8. The van der Waals surface area contributed by atoms with Crippen molar-refractivity contribution in [3.8, 4) is 0 Å². The van der Waals surface area contributed by atoms with Crippen LogP contribution in [0.3, 0.4) is 0 Å². The number of nitrogens with one attached hydrogen (secondary N) is 1. The third-order valence-electron chi connectivity index (χ3n) is 3.54. The maximum absolute atomic E-state index is 13.2. The molecule has 0 aliphatic carbocycles. The van der Waals surface area contributed by atoms with E-state index in [0.29, 0.717) is 10.5 Å². The van der Waals surface area contributed by atoms with Crippen molar-refractivity contribution in [1.82, 2.24) is 5.43 Å². The van der Waals surface area contributed by atoms with Crippen molar-refractivity contribution < 1.29 is 4.39 Å². The number of thioether (sulfide) groups is 2. The summed E-state index contributed by atoms with van der Waals surface area (Å²) in [5.41, 5.74) is 3.97. The zero-order valence-electron chi connectivity index (χ0n) is 11.4. The Morgan fingerprint density at radius 1 is 1.45 bits per heavy atom. The average molecular weight is 335 g/mol. The van der Waals surface area contributed by atoms with Crippen LogP contribution in [0.2, 0.25) is 5.02 Å². The molecule has 112 valence electrons. The van der Waals surface area contributed by atoms with E-state index >= 15 is 0 Å². The highest BCUT2D eigenvalue weighted by molar-refractivity contribution is 8.07. The van der Waals surface area contributed by atoms with Gasteiger partial charge in [0.15, 0.2) is 0 Å². The van der Waals surface area contributed by atoms with Crippen LogP contribution in [-0.2, 0) is 6.42 Å². The molecule has 0 radical (unpaired) electrons. The summed E-state index contributed by atoms with van der Waals surface area (Å²) in [6, 6.07) is 5.08. The Labute approximate surface area is 133 Å². The molecular weight excluding hydrogens is 315 g/mol. The van der Waals surface area contributed by atoms with Gasteiger partial charge in [-0.1, -0.05) is 24.6 Å². The first-order valence-electron chi connectivity index (χ1n) is 6.79. The monoisotopic (exact) mass is 334 g/mol. The van der Waals surface area contributed by atoms with Gasteiger partial charge < -0.3 is 0 Å². The van der Waals surface area contributed by atoms with Crippen LogP contribution in [0.25, 0.3) is 0 Å². The molecule has 1 aliphatic heterocycles. The SMILES string of the molecule is CCC1SCCSC1C(Cc1ccc(F)c(Cl)c1)NN. The lowest BCUT2D eigenvalue weighted by molar-refractivity contribution is 0.490. The van der Waals surface area contributed by atoms with Crippen LogP contribution in [0.1, 0.15) is 18.9 Å². The molecule has 3 atom stereocenters. The zero-order chi connectivity index (χ0) is 14.5. The third kappa shape index (κ3) is 4.04. The summed E-state index contributed by atoms with van der Waals surface area (Å²) in [6.07, 6.45) is 1.91. The van der Waals surface area contributed by atoms with Crippen molar-refractivity contribution in [2.24, 2.45) is 5.84 Å². The number of hydrogen-bond acceptors (Lipinski definition) is 4. The first-order chi connectivity index (χ1) is 9.65. The van der Waals surface area contributed by atoms with Gasteiger partial charge in [-0.05, 0) is 30.5 Å². The Morgan fingerprint density at radius 3 is 2.85 bits per heavy atom. The molecule has 3 unspecified atom stereocenters. The van der Waals surface area contributed by atoms with E-state index < -0.39 is 0 Å². The van der Waals surface area contributed by atoms with E-state index in [-0.39, 0.29) is 16.9 Å². The van der Waals surface area contributed by atoms with Gasteiger partial charge in [-0.15, -0.1) is 0 Å². The van der Waals surface area contributed by atoms with E-state index in [4.69, 9.17) is 17.4 Å². The molecule has 0 aromatic heterocycles. The lowest BCUT2D eigenvalue weighted by Gasteiger charge is -2.35. The van der Waals surface area contributed by atoms with Crippen LogP contribution in [0.5, 0.6) is 0 Å². The Bertz CT molecular complexity index is 447. The molecule has 1 aliphatic rings. The van der Waals surface area contributed by atoms with Crippen LogP contribution < -0.4 is 11.3 Å². The number of hydrazine groups is 1. The second kappa shape index (κ2) is 7.90. The normalized spacial score (nSPS) is 24.6. The van der Waals surface area contributed by atoms with Crippen molar-refractivity contribution in [2.75, 3.05) is 11.5 Å². The maximum atomic E-state index is 13.2. The predicted molar refractivity (Wildman–Crippen MR) is 89.0 cm³/mol. The smallest absolute Gasteiger partial charge is 0.141 e. The van der Waals surface area contributed by atoms with E-state index in [0.717, 1.165) is 24.2 Å². The Morgan fingerprint density at radius 2 is 2.20 bits per heavy atom. The minimum absolute atomic E-state index is 0.177. The van der Waals surface area contributed by atoms with Crippen LogP contribution in [0.15, 0.2) is 18.2 Å². The standard InChI is InChI=1S/C14H20ClFN2S2/c1-2-13-14(20-6-5-19-13)12(18-17)8-9-3-4-11(16)10(15)7-9/h3-4,7,12-14,18H,2,5-6,8,17H2,1H3. The molecule has 0 amide bonds. The van der Waals surface area contributed by atoms with Crippen molar-refractivity contribution in [1.29, 1.82) is 0 Å². The molecule has 1 heterocycles. The molecule has 3 N–H and O–H groups in total. The number of hydrogen-bond donors (Lipinski definition) is 2. The van der Waals surface area contributed by atoms with Gasteiger partial charge in [-0.2, -0.15) is 23.5 Å². The summed E-state index contributed by atoms with van der Waals surface area (Å²) in [4.78, 5) is 0. The van der Waals surface area contributed by atoms with Crippen molar-refractivity contribution in [3.63, 3.8) is 0 Å². The van der Waals surface area contributed by atoms with Crippen LogP contribution in [0.4, 0.5) is 4.39 Å². The fourth-order valence-electron chi connectivity index (χ4n) is 2.50. The van der Waals surface area contributed by atoms with Crippen molar-refractivity contribution in [2.45, 2.75) is 36.3 Å². The summed E-state index contributed by atoms with van der Waals surface area (Å²) in [6.45, 7) is 2.22. The van der Waals surface area contributed by atoms with Crippen molar-refractivity contribution in [3.05, 3.63) is 34.6 Å². The second-order valence-electron chi connectivity index (χ2n) is 4.88. The fraction of sp³-hybridized carbons (Fsp3) is 0.571. The molecule has 0 bridgehead atoms. The van der Waals surface area contributed by atoms with E-state index in [1.165, 1.54) is 11.8 Å². The summed E-state index contributed by atoms with van der Waals surface area (Å²) >= 11 is 9.86. The van der Waals surface area contributed by atoms with E-state index in [1.807, 2.05) is 23.5 Å². The summed E-state index contributed by atoms with van der Waals surface area (Å²) < 4.78 is 13.2. The largest absolute Gasteiger partial charge is 0.271 e. The minimum Gasteiger partial charge on any atom is -0.271 e. The quantitative estimate of drug-likeness (QED) is 0.638. The Kier molecular flexibility index (Phi) is 6.49. The Balaban J connectivity index is 2.09. The summed E-state index contributed by atoms with van der Waals surface area (Å²) in [7, 11) is 0. The molecule has 1 fully saturated rings. The molecule has 2 nitrogen and oxygen atoms in total. The molecule has 2 rings (SSSR count). The molecule has 6 heteroatoms. The summed E-state index contributed by atoms with van der Waals surface area (Å²) in [5.74, 6) is 7.75. The summed E-state index contributed by atoms with van der Waals surface area (Å²) in [5, 5.41) is 1.27. The predicted octanol–water partition coefficient (Wildman–Crippen LogP) is 3.48. The van der Waals surface area contributed by atoms with Gasteiger partial charge in [-0.3, -0.25) is 11.3 Å². The number of nitrogens with two attached hydrogens (primary N) is 1. The van der Waals surface area contributed by atoms with Crippen LogP contribution in [0, 0.1) is 5.82 Å². The number of halogens is 2. The first-order valence-corrected chi connectivity index (χ1v) is 9.26. The van der Waals surface area contributed by atoms with Gasteiger partial charge in [-0.25, -0.2) is 4.39 Å². The molecule has 1 aromatic carbocycles. The Hall–Kier alpha value is 0.0600. The number of benzene rings is 1. The average Bonchev–Trinajstić information content (AvgIpc) is 2.48. The maximum Gasteiger partial charge on any atom is 0.141 e. The van der Waals surface area contributed by atoms with Crippen LogP contribution >= 0.6 is 35.1 Å². The molecule has 0 saturated carbocycles. The highest BCUT2D eigenvalue weighted by Gasteiger charge is 2.31. The van der Waals surface area contributed by atoms with Gasteiger partial charge in [0.25, 0.3) is 0 Å². The molecule has 0 spiro atoms. The highest BCUT2D eigenvalue weighted by Crippen LogP contribution is 2.36. The molecule has 1 aromatic rings. The van der Waals surface area contributed by atoms with Gasteiger partial charge >= 0.3 is 0 Å². The second-order valence-corrected chi connectivity index (χ2v) is 7.92. The topological polar surface area (TPSA) is 38.0 Å². The molecular formula is C14H20ClFN2S2. The van der Waals surface area contributed by atoms with Gasteiger partial charge in [0, 0.05) is 28.0 Å². The van der Waals surface area contributed by atoms with Gasteiger partial charge in [0.05, 0.1) is 5.02 Å². The van der Waals surface area contributed by atoms with E-state index in [2.05, 4.69) is 12.3 Å². The van der Waals surface area contributed by atoms with Gasteiger partial charge in [0.1, 0.15) is 5.82 Å². The number of rotatable bonds is 5. The fourth-order valence-corrected chi connectivity index (χ4v) is 5.95. The molecule has 1 saturated heterocycles.